The maximum atomic E-state index is 13.1. The molecular formula is C23H33NO3. The number of anilines is 1. The van der Waals surface area contributed by atoms with Gasteiger partial charge in [-0.2, -0.15) is 0 Å². The molecule has 4 nitrogen and oxygen atoms in total. The molecule has 1 fully saturated rings. The molecule has 148 valence electrons. The van der Waals surface area contributed by atoms with Crippen molar-refractivity contribution in [2.45, 2.75) is 77.6 Å². The van der Waals surface area contributed by atoms with E-state index in [0.717, 1.165) is 43.8 Å². The zero-order chi connectivity index (χ0) is 19.2. The second-order valence-electron chi connectivity index (χ2n) is 8.31. The fraction of sp³-hybridized carbons (Fsp3) is 0.652. The summed E-state index contributed by atoms with van der Waals surface area (Å²) in [7, 11) is 0. The number of rotatable bonds is 8. The standard InChI is InChI=1S/C23H33NO3/c1-2-3-5-17-8-11-19(12-9-17)23(27)24-15-14-20-16-18(10-13-21(20)24)6-4-7-22(25)26/h10,13,16-17,19H,2-9,11-12,14-15H2,1H3,(H,25,26). The van der Waals surface area contributed by atoms with Crippen molar-refractivity contribution < 1.29 is 14.7 Å². The Balaban J connectivity index is 1.55. The van der Waals surface area contributed by atoms with Crippen LogP contribution in [-0.2, 0) is 22.4 Å². The third-order valence-electron chi connectivity index (χ3n) is 6.32. The van der Waals surface area contributed by atoms with Gasteiger partial charge in [-0.25, -0.2) is 0 Å². The number of aryl methyl sites for hydroxylation is 1. The topological polar surface area (TPSA) is 57.6 Å². The maximum absolute atomic E-state index is 13.1. The molecule has 0 aromatic heterocycles. The van der Waals surface area contributed by atoms with Crippen LogP contribution in [0.3, 0.4) is 0 Å². The van der Waals surface area contributed by atoms with E-state index in [9.17, 15) is 9.59 Å². The average molecular weight is 372 g/mol. The summed E-state index contributed by atoms with van der Waals surface area (Å²) in [5.74, 6) is 0.607. The smallest absolute Gasteiger partial charge is 0.303 e. The number of amides is 1. The summed E-state index contributed by atoms with van der Waals surface area (Å²) in [6.45, 7) is 3.04. The first-order chi connectivity index (χ1) is 13.1. The molecule has 1 N–H and O–H groups in total. The lowest BCUT2D eigenvalue weighted by Crippen LogP contribution is -2.36. The maximum Gasteiger partial charge on any atom is 0.303 e. The summed E-state index contributed by atoms with van der Waals surface area (Å²) in [6.07, 6.45) is 11.0. The molecule has 0 radical (unpaired) electrons. The Bertz CT molecular complexity index is 662. The van der Waals surface area contributed by atoms with E-state index in [4.69, 9.17) is 5.11 Å². The van der Waals surface area contributed by atoms with Crippen molar-refractivity contribution in [3.63, 3.8) is 0 Å². The molecule has 3 rings (SSSR count). The second kappa shape index (κ2) is 9.38. The van der Waals surface area contributed by atoms with Crippen LogP contribution < -0.4 is 4.90 Å². The van der Waals surface area contributed by atoms with E-state index in [1.165, 1.54) is 43.2 Å². The molecule has 2 aliphatic rings. The van der Waals surface area contributed by atoms with Crippen molar-refractivity contribution >= 4 is 17.6 Å². The van der Waals surface area contributed by atoms with Crippen LogP contribution >= 0.6 is 0 Å². The van der Waals surface area contributed by atoms with Gasteiger partial charge in [0.2, 0.25) is 5.91 Å². The van der Waals surface area contributed by atoms with Crippen molar-refractivity contribution in [1.29, 1.82) is 0 Å². The number of aliphatic carboxylic acids is 1. The average Bonchev–Trinajstić information content (AvgIpc) is 3.09. The van der Waals surface area contributed by atoms with Gasteiger partial charge in [0.15, 0.2) is 0 Å². The Labute approximate surface area is 163 Å². The SMILES string of the molecule is CCCCC1CCC(C(=O)N2CCc3cc(CCCC(=O)O)ccc32)CC1. The predicted octanol–water partition coefficient (Wildman–Crippen LogP) is 4.98. The van der Waals surface area contributed by atoms with Crippen LogP contribution in [0.4, 0.5) is 5.69 Å². The Morgan fingerprint density at radius 2 is 1.93 bits per heavy atom. The number of hydrogen-bond acceptors (Lipinski definition) is 2. The number of carbonyl (C=O) groups excluding carboxylic acids is 1. The van der Waals surface area contributed by atoms with Gasteiger partial charge in [0.1, 0.15) is 0 Å². The lowest BCUT2D eigenvalue weighted by atomic mass is 9.79. The highest BCUT2D eigenvalue weighted by atomic mass is 16.4. The van der Waals surface area contributed by atoms with Gasteiger partial charge in [-0.15, -0.1) is 0 Å². The van der Waals surface area contributed by atoms with Crippen molar-refractivity contribution in [3.05, 3.63) is 29.3 Å². The number of nitrogens with zero attached hydrogens (tertiary/aromatic N) is 1. The molecule has 0 spiro atoms. The Kier molecular flexibility index (Phi) is 6.92. The van der Waals surface area contributed by atoms with E-state index in [1.54, 1.807) is 0 Å². The molecule has 1 aliphatic heterocycles. The van der Waals surface area contributed by atoms with Crippen molar-refractivity contribution in [1.82, 2.24) is 0 Å². The molecule has 1 aliphatic carbocycles. The molecule has 27 heavy (non-hydrogen) atoms. The van der Waals surface area contributed by atoms with Gasteiger partial charge < -0.3 is 10.0 Å². The summed E-state index contributed by atoms with van der Waals surface area (Å²) < 4.78 is 0. The number of unbranched alkanes of at least 4 members (excludes halogenated alkanes) is 1. The second-order valence-corrected chi connectivity index (χ2v) is 8.31. The zero-order valence-electron chi connectivity index (χ0n) is 16.6. The van der Waals surface area contributed by atoms with Crippen LogP contribution in [0.5, 0.6) is 0 Å². The number of carboxylic acids is 1. The summed E-state index contributed by atoms with van der Waals surface area (Å²) in [6, 6.07) is 6.31. The van der Waals surface area contributed by atoms with Gasteiger partial charge in [0.25, 0.3) is 0 Å². The molecule has 0 bridgehead atoms. The Hall–Kier alpha value is -1.84. The highest BCUT2D eigenvalue weighted by Crippen LogP contribution is 2.36. The highest BCUT2D eigenvalue weighted by Gasteiger charge is 2.32. The van der Waals surface area contributed by atoms with Crippen molar-refractivity contribution in [2.75, 3.05) is 11.4 Å². The first-order valence-corrected chi connectivity index (χ1v) is 10.7. The molecular weight excluding hydrogens is 338 g/mol. The van der Waals surface area contributed by atoms with Gasteiger partial charge in [0, 0.05) is 24.6 Å². The Morgan fingerprint density at radius 1 is 1.15 bits per heavy atom. The van der Waals surface area contributed by atoms with Crippen LogP contribution in [0.2, 0.25) is 0 Å². The largest absolute Gasteiger partial charge is 0.481 e. The van der Waals surface area contributed by atoms with Gasteiger partial charge in [-0.3, -0.25) is 9.59 Å². The molecule has 0 atom stereocenters. The number of carbonyl (C=O) groups is 2. The third kappa shape index (κ3) is 5.12. The molecule has 1 aromatic rings. The highest BCUT2D eigenvalue weighted by molar-refractivity contribution is 5.97. The van der Waals surface area contributed by atoms with Gasteiger partial charge >= 0.3 is 5.97 Å². The quantitative estimate of drug-likeness (QED) is 0.701. The van der Waals surface area contributed by atoms with Gasteiger partial charge in [-0.1, -0.05) is 38.3 Å². The summed E-state index contributed by atoms with van der Waals surface area (Å²) in [5, 5.41) is 8.78. The predicted molar refractivity (Wildman–Crippen MR) is 108 cm³/mol. The summed E-state index contributed by atoms with van der Waals surface area (Å²) in [4.78, 5) is 25.8. The molecule has 0 unspecified atom stereocenters. The van der Waals surface area contributed by atoms with Crippen LogP contribution in [0.25, 0.3) is 0 Å². The molecule has 1 heterocycles. The van der Waals surface area contributed by atoms with Crippen molar-refractivity contribution in [2.24, 2.45) is 11.8 Å². The van der Waals surface area contributed by atoms with Gasteiger partial charge in [-0.05, 0) is 68.1 Å². The lowest BCUT2D eigenvalue weighted by molar-refractivity contribution is -0.137. The number of carboxylic acid groups (broad SMARTS) is 1. The van der Waals surface area contributed by atoms with Crippen LogP contribution in [-0.4, -0.2) is 23.5 Å². The molecule has 1 amide bonds. The molecule has 1 saturated carbocycles. The van der Waals surface area contributed by atoms with E-state index >= 15 is 0 Å². The lowest BCUT2D eigenvalue weighted by Gasteiger charge is -2.30. The third-order valence-corrected chi connectivity index (χ3v) is 6.32. The number of fused-ring (bicyclic) bond motifs is 1. The number of benzene rings is 1. The fourth-order valence-corrected chi connectivity index (χ4v) is 4.69. The minimum atomic E-state index is -0.739. The van der Waals surface area contributed by atoms with Gasteiger partial charge in [0.05, 0.1) is 0 Å². The van der Waals surface area contributed by atoms with E-state index in [1.807, 2.05) is 4.90 Å². The summed E-state index contributed by atoms with van der Waals surface area (Å²) >= 11 is 0. The molecule has 4 heteroatoms. The van der Waals surface area contributed by atoms with E-state index < -0.39 is 5.97 Å². The summed E-state index contributed by atoms with van der Waals surface area (Å²) in [5.41, 5.74) is 3.50. The molecule has 0 saturated heterocycles. The van der Waals surface area contributed by atoms with E-state index in [-0.39, 0.29) is 12.3 Å². The first-order valence-electron chi connectivity index (χ1n) is 10.7. The van der Waals surface area contributed by atoms with E-state index in [2.05, 4.69) is 25.1 Å². The fourth-order valence-electron chi connectivity index (χ4n) is 4.69. The van der Waals surface area contributed by atoms with Crippen LogP contribution in [0.1, 0.15) is 75.8 Å². The zero-order valence-corrected chi connectivity index (χ0v) is 16.6. The molecule has 1 aromatic carbocycles. The monoisotopic (exact) mass is 371 g/mol. The Morgan fingerprint density at radius 3 is 2.63 bits per heavy atom. The minimum absolute atomic E-state index is 0.198. The van der Waals surface area contributed by atoms with Crippen molar-refractivity contribution in [3.8, 4) is 0 Å². The van der Waals surface area contributed by atoms with Crippen LogP contribution in [0.15, 0.2) is 18.2 Å². The van der Waals surface area contributed by atoms with Crippen LogP contribution in [0, 0.1) is 11.8 Å². The first kappa shape index (κ1) is 19.9. The van der Waals surface area contributed by atoms with E-state index in [0.29, 0.717) is 12.3 Å². The normalized spacial score (nSPS) is 21.9. The minimum Gasteiger partial charge on any atom is -0.481 e. The number of hydrogen-bond donors (Lipinski definition) is 1.